The Hall–Kier alpha value is -5.58. The number of nitro benzene ring substituents is 2. The van der Waals surface area contributed by atoms with E-state index < -0.39 is 95.0 Å². The van der Waals surface area contributed by atoms with Gasteiger partial charge in [0.25, 0.3) is 25.9 Å². The SMILES string of the molecule is Cc1nc(Cl)nc(Nc2cc(Nc3cc(F)c([N+](=O)[O-])cc3[N+](=O)[O-])ccc2N=Nc2cc3c(S(=O)(=O)O)cc(S(O)(O)O)cc3cc2S(=O)(=O)O)n1. The average molecular weight is 816 g/mol. The van der Waals surface area contributed by atoms with Gasteiger partial charge in [0, 0.05) is 17.1 Å². The van der Waals surface area contributed by atoms with Gasteiger partial charge in [-0.05, 0) is 66.4 Å². The molecule has 22 nitrogen and oxygen atoms in total. The number of hydrogen-bond acceptors (Lipinski definition) is 18. The minimum absolute atomic E-state index is 0.0348. The molecule has 4 aromatic carbocycles. The lowest BCUT2D eigenvalue weighted by atomic mass is 10.1. The van der Waals surface area contributed by atoms with Crippen LogP contribution in [0.15, 0.2) is 79.5 Å². The molecule has 0 amide bonds. The zero-order valence-corrected chi connectivity index (χ0v) is 29.0. The average Bonchev–Trinajstić information content (AvgIpc) is 3.01. The number of rotatable bonds is 11. The normalized spacial score (nSPS) is 12.6. The van der Waals surface area contributed by atoms with Gasteiger partial charge in [0.15, 0.2) is 0 Å². The quantitative estimate of drug-likeness (QED) is 0.0307. The molecule has 27 heteroatoms. The maximum absolute atomic E-state index is 14.5. The van der Waals surface area contributed by atoms with E-state index in [1.807, 2.05) is 0 Å². The van der Waals surface area contributed by atoms with Crippen LogP contribution in [-0.2, 0) is 20.2 Å². The van der Waals surface area contributed by atoms with Crippen molar-refractivity contribution < 1.29 is 53.8 Å². The number of hydrogen-bond donors (Lipinski definition) is 7. The van der Waals surface area contributed by atoms with Gasteiger partial charge in [-0.3, -0.25) is 29.3 Å². The van der Waals surface area contributed by atoms with Gasteiger partial charge >= 0.3 is 5.69 Å². The smallest absolute Gasteiger partial charge is 0.311 e. The zero-order chi connectivity index (χ0) is 39.2. The van der Waals surface area contributed by atoms with Crippen LogP contribution in [0.5, 0.6) is 0 Å². The van der Waals surface area contributed by atoms with Gasteiger partial charge in [0.1, 0.15) is 43.5 Å². The largest absolute Gasteiger partial charge is 0.350 e. The Morgan fingerprint density at radius 1 is 0.755 bits per heavy atom. The number of aryl methyl sites for hydroxylation is 1. The van der Waals surface area contributed by atoms with Gasteiger partial charge < -0.3 is 24.3 Å². The minimum Gasteiger partial charge on any atom is -0.350 e. The maximum atomic E-state index is 14.5. The molecule has 0 saturated carbocycles. The molecule has 53 heavy (non-hydrogen) atoms. The number of azo groups is 1. The van der Waals surface area contributed by atoms with Gasteiger partial charge in [-0.2, -0.15) is 31.2 Å². The van der Waals surface area contributed by atoms with E-state index >= 15 is 0 Å². The van der Waals surface area contributed by atoms with Crippen LogP contribution in [0.4, 0.5) is 50.2 Å². The van der Waals surface area contributed by atoms with Crippen LogP contribution in [0.2, 0.25) is 5.28 Å². The van der Waals surface area contributed by atoms with E-state index in [9.17, 15) is 64.2 Å². The second-order valence-electron chi connectivity index (χ2n) is 10.4. The summed E-state index contributed by atoms with van der Waals surface area (Å²) in [6, 6.07) is 7.23. The van der Waals surface area contributed by atoms with E-state index in [1.165, 1.54) is 25.1 Å². The van der Waals surface area contributed by atoms with E-state index in [4.69, 9.17) is 11.6 Å². The molecule has 0 radical (unpaired) electrons. The fraction of sp³-hybridized carbons (Fsp3) is 0.0385. The lowest BCUT2D eigenvalue weighted by molar-refractivity contribution is -0.395. The molecule has 0 aliphatic carbocycles. The molecule has 0 atom stereocenters. The van der Waals surface area contributed by atoms with E-state index in [0.717, 1.165) is 12.1 Å². The zero-order valence-electron chi connectivity index (χ0n) is 25.8. The predicted molar refractivity (Wildman–Crippen MR) is 184 cm³/mol. The van der Waals surface area contributed by atoms with Crippen LogP contribution in [0.25, 0.3) is 10.8 Å². The topological polar surface area (TPSA) is 343 Å². The van der Waals surface area contributed by atoms with Crippen LogP contribution < -0.4 is 10.6 Å². The third-order valence-corrected chi connectivity index (χ3v) is 9.62. The van der Waals surface area contributed by atoms with E-state index in [1.54, 1.807) is 0 Å². The number of nitrogens with one attached hydrogen (secondary N) is 2. The van der Waals surface area contributed by atoms with Gasteiger partial charge in [0.2, 0.25) is 17.0 Å². The molecule has 0 spiro atoms. The predicted octanol–water partition coefficient (Wildman–Crippen LogP) is 6.92. The number of nitro groups is 2. The third-order valence-electron chi connectivity index (χ3n) is 6.81. The number of nitrogens with zero attached hydrogens (tertiary/aromatic N) is 7. The second kappa shape index (κ2) is 14.1. The molecule has 0 saturated heterocycles. The Labute approximate surface area is 301 Å². The van der Waals surface area contributed by atoms with Crippen molar-refractivity contribution >= 4 is 99.2 Å². The highest BCUT2D eigenvalue weighted by Gasteiger charge is 2.27. The highest BCUT2D eigenvalue weighted by Crippen LogP contribution is 2.47. The summed E-state index contributed by atoms with van der Waals surface area (Å²) in [7, 11) is -15.0. The van der Waals surface area contributed by atoms with Crippen molar-refractivity contribution in [3.63, 3.8) is 0 Å². The fourth-order valence-electron chi connectivity index (χ4n) is 4.61. The molecular formula is C26H19ClFN9O13S3. The van der Waals surface area contributed by atoms with Crippen LogP contribution >= 0.6 is 22.5 Å². The van der Waals surface area contributed by atoms with Gasteiger partial charge in [-0.15, -0.1) is 10.2 Å². The summed E-state index contributed by atoms with van der Waals surface area (Å²) in [5.74, 6) is -1.46. The summed E-state index contributed by atoms with van der Waals surface area (Å²) in [4.78, 5) is 29.6. The molecule has 7 N–H and O–H groups in total. The first-order valence-electron chi connectivity index (χ1n) is 13.7. The molecule has 0 fully saturated rings. The maximum Gasteiger partial charge on any atom is 0.311 e. The van der Waals surface area contributed by atoms with E-state index in [2.05, 4.69) is 35.8 Å². The summed E-state index contributed by atoms with van der Waals surface area (Å²) in [5.41, 5.74) is -3.61. The highest BCUT2D eigenvalue weighted by molar-refractivity contribution is 8.19. The van der Waals surface area contributed by atoms with Crippen LogP contribution in [0.1, 0.15) is 5.82 Å². The van der Waals surface area contributed by atoms with Crippen molar-refractivity contribution in [1.29, 1.82) is 0 Å². The molecule has 0 aliphatic rings. The molecule has 0 aliphatic heterocycles. The van der Waals surface area contributed by atoms with Crippen molar-refractivity contribution in [3.05, 3.63) is 91.8 Å². The summed E-state index contributed by atoms with van der Waals surface area (Å²) in [6.07, 6.45) is 0. The monoisotopic (exact) mass is 815 g/mol. The fourth-order valence-corrected chi connectivity index (χ4v) is 6.82. The molecule has 1 aromatic heterocycles. The first-order valence-corrected chi connectivity index (χ1v) is 18.5. The summed E-state index contributed by atoms with van der Waals surface area (Å²) >= 11 is 5.93. The van der Waals surface area contributed by atoms with Gasteiger partial charge in [0.05, 0.1) is 26.5 Å². The molecule has 0 unspecified atom stereocenters. The van der Waals surface area contributed by atoms with Gasteiger partial charge in [-0.25, -0.2) is 4.98 Å². The van der Waals surface area contributed by atoms with Crippen molar-refractivity contribution in [2.24, 2.45) is 10.2 Å². The number of anilines is 4. The lowest BCUT2D eigenvalue weighted by Gasteiger charge is -2.20. The summed E-state index contributed by atoms with van der Waals surface area (Å²) < 4.78 is 113. The van der Waals surface area contributed by atoms with Crippen molar-refractivity contribution in [1.82, 2.24) is 15.0 Å². The Morgan fingerprint density at radius 3 is 1.98 bits per heavy atom. The molecule has 0 bridgehead atoms. The molecule has 5 aromatic rings. The number of aromatic nitrogens is 3. The molecule has 1 heterocycles. The van der Waals surface area contributed by atoms with Crippen molar-refractivity contribution in [2.75, 3.05) is 10.6 Å². The van der Waals surface area contributed by atoms with Crippen molar-refractivity contribution in [3.8, 4) is 0 Å². The third kappa shape index (κ3) is 8.73. The summed E-state index contributed by atoms with van der Waals surface area (Å²) in [5, 5.41) is 34.7. The van der Waals surface area contributed by atoms with Crippen LogP contribution in [0.3, 0.4) is 0 Å². The Kier molecular flexibility index (Phi) is 10.3. The Morgan fingerprint density at radius 2 is 1.40 bits per heavy atom. The molecule has 5 rings (SSSR count). The van der Waals surface area contributed by atoms with Gasteiger partial charge in [-0.1, -0.05) is 0 Å². The highest BCUT2D eigenvalue weighted by atomic mass is 35.5. The Balaban J connectivity index is 1.69. The first kappa shape index (κ1) is 38.6. The second-order valence-corrected chi connectivity index (χ2v) is 15.1. The molecular weight excluding hydrogens is 797 g/mol. The first-order chi connectivity index (χ1) is 24.5. The van der Waals surface area contributed by atoms with Crippen LogP contribution in [0, 0.1) is 33.0 Å². The Bertz CT molecular complexity index is 2610. The number of halogens is 2. The van der Waals surface area contributed by atoms with Crippen molar-refractivity contribution in [2.45, 2.75) is 21.6 Å². The minimum atomic E-state index is -5.20. The van der Waals surface area contributed by atoms with Crippen LogP contribution in [-0.4, -0.2) is 64.4 Å². The van der Waals surface area contributed by atoms with E-state index in [0.29, 0.717) is 24.3 Å². The molecule has 278 valence electrons. The lowest BCUT2D eigenvalue weighted by Crippen LogP contribution is -2.04. The number of fused-ring (bicyclic) bond motifs is 1. The van der Waals surface area contributed by atoms with E-state index in [-0.39, 0.29) is 34.1 Å². The standard InChI is InChI=1S/C26H19ClFN9O13S3/c1-11-29-25(27)33-26(30-11)32-18-6-13(31-19-9-16(28)21(36(38)39)10-22(19)37(40)41)2-3-17(18)34-35-20-8-15-12(5-24(20)53(48,49)50)4-14(51(42,43)44)7-23(15)52(45,46)47/h2-10,31,42-44H,1H3,(H,45,46,47)(H,48,49,50)(H,29,30,32,33). The summed E-state index contributed by atoms with van der Waals surface area (Å²) in [6.45, 7) is 1.46. The number of benzene rings is 4.